The molecular weight excluding hydrogens is 397 g/mol. The van der Waals surface area contributed by atoms with Gasteiger partial charge in [0.25, 0.3) is 0 Å². The smallest absolute Gasteiger partial charge is 0.338 e. The fourth-order valence-electron chi connectivity index (χ4n) is 1.91. The van der Waals surface area contributed by atoms with E-state index in [2.05, 4.69) is 0 Å². The highest BCUT2D eigenvalue weighted by molar-refractivity contribution is 14.1. The summed E-state index contributed by atoms with van der Waals surface area (Å²) in [6.07, 6.45) is -0.693. The van der Waals surface area contributed by atoms with Crippen molar-refractivity contribution in [2.45, 2.75) is 38.2 Å². The van der Waals surface area contributed by atoms with Gasteiger partial charge in [-0.05, 0) is 59.7 Å². The van der Waals surface area contributed by atoms with Crippen LogP contribution in [-0.4, -0.2) is 23.5 Å². The number of carbonyl (C=O) groups is 2. The normalized spacial score (nSPS) is 12.0. The number of halogens is 3. The SMILES string of the molecule is CCC(CC)(OC(=O)c1ccc(I)cc1)C(F)(F)C(=O)[O-]. The van der Waals surface area contributed by atoms with E-state index in [1.165, 1.54) is 26.0 Å². The molecule has 0 bridgehead atoms. The molecule has 1 aromatic rings. The molecule has 0 spiro atoms. The highest BCUT2D eigenvalue weighted by Crippen LogP contribution is 2.38. The van der Waals surface area contributed by atoms with Crippen LogP contribution >= 0.6 is 22.6 Å². The van der Waals surface area contributed by atoms with Crippen molar-refractivity contribution in [2.75, 3.05) is 0 Å². The number of ether oxygens (including phenoxy) is 1. The molecule has 0 heterocycles. The largest absolute Gasteiger partial charge is 0.544 e. The fraction of sp³-hybridized carbons (Fsp3) is 0.429. The van der Waals surface area contributed by atoms with Gasteiger partial charge in [0.15, 0.2) is 5.60 Å². The van der Waals surface area contributed by atoms with Crippen LogP contribution in [0, 0.1) is 3.57 Å². The van der Waals surface area contributed by atoms with Crippen LogP contribution in [0.25, 0.3) is 0 Å². The number of carboxylic acids is 1. The molecule has 0 radical (unpaired) electrons. The maximum atomic E-state index is 13.9. The Morgan fingerprint density at radius 2 is 1.67 bits per heavy atom. The van der Waals surface area contributed by atoms with Gasteiger partial charge in [0, 0.05) is 3.57 Å². The molecule has 0 amide bonds. The van der Waals surface area contributed by atoms with Crippen LogP contribution in [0.2, 0.25) is 0 Å². The monoisotopic (exact) mass is 411 g/mol. The van der Waals surface area contributed by atoms with Crippen LogP contribution < -0.4 is 5.11 Å². The van der Waals surface area contributed by atoms with Crippen molar-refractivity contribution in [2.24, 2.45) is 0 Å². The number of hydrogen-bond acceptors (Lipinski definition) is 4. The van der Waals surface area contributed by atoms with Gasteiger partial charge in [-0.2, -0.15) is 8.78 Å². The Bertz CT molecular complexity index is 524. The summed E-state index contributed by atoms with van der Waals surface area (Å²) in [6.45, 7) is 2.67. The maximum Gasteiger partial charge on any atom is 0.338 e. The molecule has 116 valence electrons. The number of esters is 1. The molecule has 7 heteroatoms. The van der Waals surface area contributed by atoms with Crippen molar-refractivity contribution in [1.82, 2.24) is 0 Å². The molecule has 0 aliphatic carbocycles. The van der Waals surface area contributed by atoms with E-state index in [1.54, 1.807) is 12.1 Å². The fourth-order valence-corrected chi connectivity index (χ4v) is 2.27. The van der Waals surface area contributed by atoms with Crippen molar-refractivity contribution < 1.29 is 28.2 Å². The minimum Gasteiger partial charge on any atom is -0.544 e. The third-order valence-electron chi connectivity index (χ3n) is 3.34. The molecule has 21 heavy (non-hydrogen) atoms. The Kier molecular flexibility index (Phi) is 5.66. The van der Waals surface area contributed by atoms with Gasteiger partial charge in [0.1, 0.15) is 5.97 Å². The number of benzene rings is 1. The predicted molar refractivity (Wildman–Crippen MR) is 77.8 cm³/mol. The Morgan fingerprint density at radius 1 is 1.19 bits per heavy atom. The first-order valence-corrected chi connectivity index (χ1v) is 7.36. The lowest BCUT2D eigenvalue weighted by Crippen LogP contribution is -2.59. The molecule has 0 fully saturated rings. The zero-order valence-electron chi connectivity index (χ0n) is 11.5. The summed E-state index contributed by atoms with van der Waals surface area (Å²) in [5, 5.41) is 10.7. The number of hydrogen-bond donors (Lipinski definition) is 0. The summed E-state index contributed by atoms with van der Waals surface area (Å²) < 4.78 is 33.5. The van der Waals surface area contributed by atoms with Gasteiger partial charge in [-0.3, -0.25) is 0 Å². The number of carboxylic acid groups (broad SMARTS) is 1. The van der Waals surface area contributed by atoms with Crippen LogP contribution in [0.1, 0.15) is 37.0 Å². The topological polar surface area (TPSA) is 66.4 Å². The molecule has 0 atom stereocenters. The van der Waals surface area contributed by atoms with Gasteiger partial charge in [0.05, 0.1) is 5.56 Å². The Labute approximate surface area is 134 Å². The Balaban J connectivity index is 3.11. The van der Waals surface area contributed by atoms with Crippen LogP contribution in [0.4, 0.5) is 8.78 Å². The average molecular weight is 411 g/mol. The Morgan fingerprint density at radius 3 is 2.05 bits per heavy atom. The van der Waals surface area contributed by atoms with Crippen LogP contribution in [0.15, 0.2) is 24.3 Å². The predicted octanol–water partition coefficient (Wildman–Crippen LogP) is 2.39. The summed E-state index contributed by atoms with van der Waals surface area (Å²) in [6, 6.07) is 6.09. The summed E-state index contributed by atoms with van der Waals surface area (Å²) in [5.74, 6) is -7.81. The van der Waals surface area contributed by atoms with E-state index >= 15 is 0 Å². The van der Waals surface area contributed by atoms with E-state index in [0.29, 0.717) is 0 Å². The average Bonchev–Trinajstić information content (AvgIpc) is 2.44. The first-order chi connectivity index (χ1) is 9.70. The molecular formula is C14H14F2IO4-. The van der Waals surface area contributed by atoms with Gasteiger partial charge < -0.3 is 14.6 Å². The maximum absolute atomic E-state index is 13.9. The molecule has 4 nitrogen and oxygen atoms in total. The summed E-state index contributed by atoms with van der Waals surface area (Å²) in [7, 11) is 0. The lowest BCUT2D eigenvalue weighted by Gasteiger charge is -2.38. The first-order valence-electron chi connectivity index (χ1n) is 6.28. The second kappa shape index (κ2) is 6.67. The van der Waals surface area contributed by atoms with E-state index in [-0.39, 0.29) is 18.4 Å². The molecule has 1 rings (SSSR count). The third kappa shape index (κ3) is 3.50. The minimum atomic E-state index is -4.27. The van der Waals surface area contributed by atoms with E-state index in [1.807, 2.05) is 22.6 Å². The van der Waals surface area contributed by atoms with E-state index in [9.17, 15) is 23.5 Å². The molecule has 0 unspecified atom stereocenters. The number of alkyl halides is 2. The highest BCUT2D eigenvalue weighted by Gasteiger charge is 2.56. The van der Waals surface area contributed by atoms with Crippen LogP contribution in [-0.2, 0) is 9.53 Å². The van der Waals surface area contributed by atoms with E-state index < -0.39 is 23.5 Å². The molecule has 0 aliphatic rings. The van der Waals surface area contributed by atoms with Crippen LogP contribution in [0.5, 0.6) is 0 Å². The third-order valence-corrected chi connectivity index (χ3v) is 4.06. The van der Waals surface area contributed by atoms with Crippen molar-refractivity contribution >= 4 is 34.5 Å². The van der Waals surface area contributed by atoms with Crippen molar-refractivity contribution in [3.63, 3.8) is 0 Å². The van der Waals surface area contributed by atoms with Gasteiger partial charge in [0.2, 0.25) is 0 Å². The molecule has 1 aromatic carbocycles. The molecule has 0 saturated carbocycles. The molecule has 0 N–H and O–H groups in total. The lowest BCUT2D eigenvalue weighted by molar-refractivity contribution is -0.344. The Hall–Kier alpha value is -1.25. The summed E-state index contributed by atoms with van der Waals surface area (Å²) >= 11 is 2.03. The van der Waals surface area contributed by atoms with Gasteiger partial charge in [-0.1, -0.05) is 13.8 Å². The number of aliphatic carboxylic acids is 1. The quantitative estimate of drug-likeness (QED) is 0.533. The molecule has 0 aliphatic heterocycles. The number of rotatable bonds is 6. The second-order valence-corrected chi connectivity index (χ2v) is 5.71. The highest BCUT2D eigenvalue weighted by atomic mass is 127. The first kappa shape index (κ1) is 17.8. The van der Waals surface area contributed by atoms with Crippen LogP contribution in [0.3, 0.4) is 0 Å². The molecule has 0 aromatic heterocycles. The van der Waals surface area contributed by atoms with Crippen molar-refractivity contribution in [3.8, 4) is 0 Å². The van der Waals surface area contributed by atoms with E-state index in [4.69, 9.17) is 4.74 Å². The summed E-state index contributed by atoms with van der Waals surface area (Å²) in [4.78, 5) is 22.7. The zero-order chi connectivity index (χ0) is 16.3. The van der Waals surface area contributed by atoms with Crippen molar-refractivity contribution in [3.05, 3.63) is 33.4 Å². The van der Waals surface area contributed by atoms with Crippen molar-refractivity contribution in [1.29, 1.82) is 0 Å². The second-order valence-electron chi connectivity index (χ2n) is 4.46. The minimum absolute atomic E-state index is 0.0795. The standard InChI is InChI=1S/C14H15F2IO4/c1-3-13(4-2,14(15,16)12(19)20)21-11(18)9-5-7-10(17)8-6-9/h5-8H,3-4H2,1-2H3,(H,19,20)/p-1. The van der Waals surface area contributed by atoms with Gasteiger partial charge >= 0.3 is 11.9 Å². The van der Waals surface area contributed by atoms with Gasteiger partial charge in [-0.25, -0.2) is 4.79 Å². The molecule has 0 saturated heterocycles. The summed E-state index contributed by atoms with van der Waals surface area (Å²) in [5.41, 5.74) is -2.35. The lowest BCUT2D eigenvalue weighted by atomic mass is 9.89. The zero-order valence-corrected chi connectivity index (χ0v) is 13.6. The van der Waals surface area contributed by atoms with E-state index in [0.717, 1.165) is 3.57 Å². The number of carbonyl (C=O) groups excluding carboxylic acids is 2. The van der Waals surface area contributed by atoms with Gasteiger partial charge in [-0.15, -0.1) is 0 Å².